The highest BCUT2D eigenvalue weighted by molar-refractivity contribution is 5.65. The average Bonchev–Trinajstić information content (AvgIpc) is 2.84. The number of anilines is 2. The largest absolute Gasteiger partial charge is 0.494 e. The Balaban J connectivity index is 1.72. The lowest BCUT2D eigenvalue weighted by atomic mass is 10.2. The molecular formula is C16H24N6O3. The first-order valence-corrected chi connectivity index (χ1v) is 7.96. The molecule has 0 bridgehead atoms. The van der Waals surface area contributed by atoms with Crippen molar-refractivity contribution in [2.24, 2.45) is 7.05 Å². The number of carbonyl (C=O) groups excluding carboxylic acids is 1. The molecule has 0 amide bonds. The van der Waals surface area contributed by atoms with Gasteiger partial charge in [-0.2, -0.15) is 4.98 Å². The van der Waals surface area contributed by atoms with Gasteiger partial charge in [0.05, 0.1) is 13.2 Å². The molecule has 1 aromatic heterocycles. The molecule has 9 heteroatoms. The summed E-state index contributed by atoms with van der Waals surface area (Å²) in [4.78, 5) is 20.0. The zero-order valence-corrected chi connectivity index (χ0v) is 14.7. The summed E-state index contributed by atoms with van der Waals surface area (Å²) >= 11 is 0. The minimum absolute atomic E-state index is 0.247. The van der Waals surface area contributed by atoms with Gasteiger partial charge in [0.2, 0.25) is 11.9 Å². The number of benzene rings is 1. The van der Waals surface area contributed by atoms with Gasteiger partial charge in [0.15, 0.2) is 0 Å². The van der Waals surface area contributed by atoms with E-state index in [4.69, 9.17) is 15.3 Å². The maximum atomic E-state index is 10.9. The van der Waals surface area contributed by atoms with Gasteiger partial charge >= 0.3 is 5.97 Å². The summed E-state index contributed by atoms with van der Waals surface area (Å²) in [6.45, 7) is 3.12. The molecule has 9 nitrogen and oxygen atoms in total. The van der Waals surface area contributed by atoms with E-state index in [0.29, 0.717) is 25.6 Å². The van der Waals surface area contributed by atoms with Gasteiger partial charge in [0, 0.05) is 27.6 Å². The van der Waals surface area contributed by atoms with Crippen LogP contribution in [0.5, 0.6) is 5.75 Å². The van der Waals surface area contributed by atoms with E-state index < -0.39 is 0 Å². The van der Waals surface area contributed by atoms with E-state index in [-0.39, 0.29) is 11.9 Å². The molecule has 0 saturated carbocycles. The van der Waals surface area contributed by atoms with E-state index in [1.54, 1.807) is 18.8 Å². The fourth-order valence-electron chi connectivity index (χ4n) is 2.26. The van der Waals surface area contributed by atoms with Gasteiger partial charge < -0.3 is 20.6 Å². The normalized spacial score (nSPS) is 10.7. The first-order valence-electron chi connectivity index (χ1n) is 7.96. The summed E-state index contributed by atoms with van der Waals surface area (Å²) < 4.78 is 7.35. The lowest BCUT2D eigenvalue weighted by molar-refractivity contribution is -0.183. The van der Waals surface area contributed by atoms with E-state index in [2.05, 4.69) is 15.4 Å². The summed E-state index contributed by atoms with van der Waals surface area (Å²) in [5.41, 5.74) is 6.52. The fraction of sp³-hybridized carbons (Fsp3) is 0.438. The number of hydrogen-bond donors (Lipinski definition) is 2. The summed E-state index contributed by atoms with van der Waals surface area (Å²) in [5, 5.41) is 8.60. The molecule has 136 valence electrons. The third-order valence-electron chi connectivity index (χ3n) is 3.24. The first-order chi connectivity index (χ1) is 11.9. The lowest BCUT2D eigenvalue weighted by Gasteiger charge is -2.15. The maximum absolute atomic E-state index is 10.9. The summed E-state index contributed by atoms with van der Waals surface area (Å²) in [7, 11) is 3.49. The van der Waals surface area contributed by atoms with Gasteiger partial charge in [-0.15, -0.1) is 10.2 Å². The van der Waals surface area contributed by atoms with Crippen molar-refractivity contribution in [2.45, 2.75) is 19.9 Å². The first kappa shape index (κ1) is 18.5. The van der Waals surface area contributed by atoms with Gasteiger partial charge in [0.1, 0.15) is 5.75 Å². The summed E-state index contributed by atoms with van der Waals surface area (Å²) in [5.74, 6) is 1.31. The van der Waals surface area contributed by atoms with Gasteiger partial charge in [-0.3, -0.25) is 4.79 Å². The van der Waals surface area contributed by atoms with Gasteiger partial charge in [-0.1, -0.05) is 12.1 Å². The number of nitrogen functional groups attached to an aromatic ring is 1. The molecular weight excluding hydrogens is 324 g/mol. The molecule has 0 fully saturated rings. The van der Waals surface area contributed by atoms with Crippen molar-refractivity contribution in [3.8, 4) is 5.75 Å². The Morgan fingerprint density at radius 1 is 1.44 bits per heavy atom. The van der Waals surface area contributed by atoms with Gasteiger partial charge in [0.25, 0.3) is 0 Å². The Kier molecular flexibility index (Phi) is 6.58. The predicted molar refractivity (Wildman–Crippen MR) is 93.7 cm³/mol. The lowest BCUT2D eigenvalue weighted by Crippen LogP contribution is -2.21. The average molecular weight is 348 g/mol. The predicted octanol–water partition coefficient (Wildman–Crippen LogP) is 1.19. The number of hydroxylamine groups is 2. The summed E-state index contributed by atoms with van der Waals surface area (Å²) in [6, 6.07) is 7.68. The van der Waals surface area contributed by atoms with E-state index in [9.17, 15) is 4.79 Å². The minimum Gasteiger partial charge on any atom is -0.494 e. The van der Waals surface area contributed by atoms with Crippen LogP contribution in [0.25, 0.3) is 0 Å². The highest BCUT2D eigenvalue weighted by atomic mass is 16.7. The van der Waals surface area contributed by atoms with Crippen LogP contribution in [0.1, 0.15) is 18.9 Å². The fourth-order valence-corrected chi connectivity index (χ4v) is 2.26. The number of aryl methyl sites for hydroxylation is 1. The molecule has 2 rings (SSSR count). The molecule has 0 saturated heterocycles. The van der Waals surface area contributed by atoms with Crippen molar-refractivity contribution in [3.05, 3.63) is 29.8 Å². The highest BCUT2D eigenvalue weighted by Crippen LogP contribution is 2.15. The van der Waals surface area contributed by atoms with Crippen LogP contribution in [0.15, 0.2) is 24.3 Å². The van der Waals surface area contributed by atoms with Crippen LogP contribution in [0.4, 0.5) is 11.9 Å². The zero-order chi connectivity index (χ0) is 18.2. The Morgan fingerprint density at radius 2 is 2.24 bits per heavy atom. The highest BCUT2D eigenvalue weighted by Gasteiger charge is 2.05. The number of rotatable bonds is 9. The van der Waals surface area contributed by atoms with Crippen molar-refractivity contribution >= 4 is 17.9 Å². The quantitative estimate of drug-likeness (QED) is 0.514. The Morgan fingerprint density at radius 3 is 2.92 bits per heavy atom. The summed E-state index contributed by atoms with van der Waals surface area (Å²) in [6.07, 6.45) is 0.796. The van der Waals surface area contributed by atoms with Crippen molar-refractivity contribution < 1.29 is 14.4 Å². The van der Waals surface area contributed by atoms with Crippen LogP contribution in [-0.2, 0) is 23.2 Å². The third-order valence-corrected chi connectivity index (χ3v) is 3.24. The van der Waals surface area contributed by atoms with Crippen molar-refractivity contribution in [2.75, 3.05) is 31.2 Å². The number of ether oxygens (including phenoxy) is 1. The minimum atomic E-state index is -0.341. The molecule has 0 aliphatic rings. The molecule has 0 unspecified atom stereocenters. The molecule has 0 atom stereocenters. The Bertz CT molecular complexity index is 703. The molecule has 0 aliphatic carbocycles. The van der Waals surface area contributed by atoms with E-state index in [0.717, 1.165) is 17.7 Å². The molecule has 0 radical (unpaired) electrons. The number of nitrogens with one attached hydrogen (secondary N) is 1. The van der Waals surface area contributed by atoms with Crippen molar-refractivity contribution in [1.82, 2.24) is 19.8 Å². The van der Waals surface area contributed by atoms with E-state index in [1.165, 1.54) is 12.0 Å². The molecule has 25 heavy (non-hydrogen) atoms. The SMILES string of the molecule is CC(=O)ON(C)Cc1cccc(OCCCNc2nc(N)nn2C)c1. The van der Waals surface area contributed by atoms with Crippen LogP contribution >= 0.6 is 0 Å². The van der Waals surface area contributed by atoms with Crippen LogP contribution in [0.3, 0.4) is 0 Å². The number of nitrogens with zero attached hydrogens (tertiary/aromatic N) is 4. The number of carbonyl (C=O) groups is 1. The second-order valence-corrected chi connectivity index (χ2v) is 5.56. The number of nitrogens with two attached hydrogens (primary N) is 1. The second kappa shape index (κ2) is 8.88. The second-order valence-electron chi connectivity index (χ2n) is 5.56. The number of aromatic nitrogens is 3. The zero-order valence-electron chi connectivity index (χ0n) is 14.7. The number of hydrogen-bond acceptors (Lipinski definition) is 8. The monoisotopic (exact) mass is 348 g/mol. The standard InChI is InChI=1S/C16H24N6O3/c1-12(23)25-21(2)11-13-6-4-7-14(10-13)24-9-5-8-18-16-19-15(17)20-22(16)3/h4,6-7,10H,5,8-9,11H2,1-3H3,(H3,17,18,19,20). The molecule has 0 aliphatic heterocycles. The van der Waals surface area contributed by atoms with Crippen molar-refractivity contribution in [3.63, 3.8) is 0 Å². The van der Waals surface area contributed by atoms with Gasteiger partial charge in [-0.25, -0.2) is 4.68 Å². The molecule has 1 aromatic carbocycles. The van der Waals surface area contributed by atoms with E-state index in [1.807, 2.05) is 24.3 Å². The topological polar surface area (TPSA) is 108 Å². The molecule has 0 spiro atoms. The Hall–Kier alpha value is -2.81. The van der Waals surface area contributed by atoms with Crippen LogP contribution < -0.4 is 15.8 Å². The van der Waals surface area contributed by atoms with Crippen LogP contribution in [-0.4, -0.2) is 46.0 Å². The van der Waals surface area contributed by atoms with Crippen LogP contribution in [0, 0.1) is 0 Å². The molecule has 1 heterocycles. The van der Waals surface area contributed by atoms with Crippen molar-refractivity contribution in [1.29, 1.82) is 0 Å². The Labute approximate surface area is 146 Å². The molecule has 3 N–H and O–H groups in total. The smallest absolute Gasteiger partial charge is 0.322 e. The molecule has 2 aromatic rings. The van der Waals surface area contributed by atoms with Crippen LogP contribution in [0.2, 0.25) is 0 Å². The van der Waals surface area contributed by atoms with E-state index >= 15 is 0 Å². The van der Waals surface area contributed by atoms with Gasteiger partial charge in [-0.05, 0) is 24.1 Å². The third kappa shape index (κ3) is 6.30. The maximum Gasteiger partial charge on any atom is 0.322 e.